The lowest BCUT2D eigenvalue weighted by molar-refractivity contribution is 0.0509. The van der Waals surface area contributed by atoms with E-state index in [0.29, 0.717) is 5.25 Å². The molecule has 0 spiro atoms. The molecule has 2 nitrogen and oxygen atoms in total. The highest BCUT2D eigenvalue weighted by molar-refractivity contribution is 9.10. The Balaban J connectivity index is 2.75. The van der Waals surface area contributed by atoms with Crippen LogP contribution in [0.1, 0.15) is 13.8 Å². The third-order valence-electron chi connectivity index (χ3n) is 1.56. The minimum Gasteiger partial charge on any atom is -0.467 e. The van der Waals surface area contributed by atoms with Gasteiger partial charge in [0.15, 0.2) is 6.79 Å². The Morgan fingerprint density at radius 3 is 2.67 bits per heavy atom. The lowest BCUT2D eigenvalue weighted by Gasteiger charge is -2.09. The van der Waals surface area contributed by atoms with E-state index in [2.05, 4.69) is 35.8 Å². The first-order chi connectivity index (χ1) is 7.11. The van der Waals surface area contributed by atoms with Crippen molar-refractivity contribution in [3.8, 4) is 5.75 Å². The van der Waals surface area contributed by atoms with Crippen LogP contribution in [0.15, 0.2) is 27.6 Å². The molecule has 1 rings (SSSR count). The van der Waals surface area contributed by atoms with Crippen LogP contribution in [0, 0.1) is 0 Å². The first-order valence-electron chi connectivity index (χ1n) is 4.71. The number of halogens is 1. The molecule has 0 aliphatic heterocycles. The Kier molecular flexibility index (Phi) is 5.50. The van der Waals surface area contributed by atoms with E-state index in [1.807, 2.05) is 23.9 Å². The van der Waals surface area contributed by atoms with Crippen LogP contribution in [0.25, 0.3) is 0 Å². The summed E-state index contributed by atoms with van der Waals surface area (Å²) in [5.41, 5.74) is 0. The van der Waals surface area contributed by atoms with Crippen molar-refractivity contribution in [3.63, 3.8) is 0 Å². The maximum absolute atomic E-state index is 5.39. The Bertz CT molecular complexity index is 315. The van der Waals surface area contributed by atoms with Crippen molar-refractivity contribution in [1.82, 2.24) is 0 Å². The van der Waals surface area contributed by atoms with Gasteiger partial charge in [0.05, 0.1) is 0 Å². The van der Waals surface area contributed by atoms with E-state index in [9.17, 15) is 0 Å². The normalized spacial score (nSPS) is 10.7. The molecule has 0 radical (unpaired) electrons. The molecule has 0 atom stereocenters. The largest absolute Gasteiger partial charge is 0.467 e. The Labute approximate surface area is 103 Å². The molecule has 15 heavy (non-hydrogen) atoms. The van der Waals surface area contributed by atoms with Gasteiger partial charge in [-0.15, -0.1) is 11.8 Å². The van der Waals surface area contributed by atoms with Crippen LogP contribution in [-0.4, -0.2) is 19.2 Å². The van der Waals surface area contributed by atoms with Crippen molar-refractivity contribution in [2.75, 3.05) is 13.9 Å². The summed E-state index contributed by atoms with van der Waals surface area (Å²) in [6, 6.07) is 6.04. The van der Waals surface area contributed by atoms with Crippen molar-refractivity contribution >= 4 is 27.7 Å². The monoisotopic (exact) mass is 290 g/mol. The van der Waals surface area contributed by atoms with E-state index in [0.717, 1.165) is 10.2 Å². The van der Waals surface area contributed by atoms with Crippen LogP contribution >= 0.6 is 27.7 Å². The van der Waals surface area contributed by atoms with E-state index >= 15 is 0 Å². The number of ether oxygens (including phenoxy) is 2. The minimum atomic E-state index is 0.280. The second-order valence-electron chi connectivity index (χ2n) is 3.34. The molecule has 0 aliphatic carbocycles. The second kappa shape index (κ2) is 6.40. The van der Waals surface area contributed by atoms with Gasteiger partial charge in [0.25, 0.3) is 0 Å². The summed E-state index contributed by atoms with van der Waals surface area (Å²) in [6.07, 6.45) is 0. The number of benzene rings is 1. The summed E-state index contributed by atoms with van der Waals surface area (Å²) in [4.78, 5) is 1.20. The van der Waals surface area contributed by atoms with Crippen molar-refractivity contribution in [2.24, 2.45) is 0 Å². The fourth-order valence-corrected chi connectivity index (χ4v) is 2.63. The molecule has 84 valence electrons. The van der Waals surface area contributed by atoms with Gasteiger partial charge in [-0.25, -0.2) is 0 Å². The van der Waals surface area contributed by atoms with Gasteiger partial charge >= 0.3 is 0 Å². The molecular weight excluding hydrogens is 276 g/mol. The van der Waals surface area contributed by atoms with E-state index in [1.165, 1.54) is 4.90 Å². The standard InChI is InChI=1S/C11H15BrO2S/c1-8(2)15-11-5-9(12)4-10(6-11)14-7-13-3/h4-6,8H,7H2,1-3H3. The summed E-state index contributed by atoms with van der Waals surface area (Å²) in [5, 5.41) is 0.564. The lowest BCUT2D eigenvalue weighted by atomic mass is 10.3. The summed E-state index contributed by atoms with van der Waals surface area (Å²) >= 11 is 5.27. The molecule has 0 saturated carbocycles. The third kappa shape index (κ3) is 4.91. The molecule has 1 aromatic carbocycles. The van der Waals surface area contributed by atoms with E-state index in [4.69, 9.17) is 9.47 Å². The van der Waals surface area contributed by atoms with Gasteiger partial charge in [-0.1, -0.05) is 29.8 Å². The highest BCUT2D eigenvalue weighted by Crippen LogP contribution is 2.30. The molecule has 1 aromatic rings. The zero-order valence-corrected chi connectivity index (χ0v) is 11.5. The fourth-order valence-electron chi connectivity index (χ4n) is 1.09. The number of methoxy groups -OCH3 is 1. The average Bonchev–Trinajstić information content (AvgIpc) is 2.12. The highest BCUT2D eigenvalue weighted by atomic mass is 79.9. The van der Waals surface area contributed by atoms with Gasteiger partial charge in [0, 0.05) is 21.7 Å². The summed E-state index contributed by atoms with van der Waals surface area (Å²) in [6.45, 7) is 4.62. The van der Waals surface area contributed by atoms with Crippen LogP contribution in [0.5, 0.6) is 5.75 Å². The molecule has 0 fully saturated rings. The average molecular weight is 291 g/mol. The van der Waals surface area contributed by atoms with Crippen molar-refractivity contribution in [2.45, 2.75) is 24.0 Å². The zero-order chi connectivity index (χ0) is 11.3. The maximum atomic E-state index is 5.39. The Hall–Kier alpha value is -0.190. The third-order valence-corrected chi connectivity index (χ3v) is 3.00. The first-order valence-corrected chi connectivity index (χ1v) is 6.38. The zero-order valence-electron chi connectivity index (χ0n) is 9.12. The summed E-state index contributed by atoms with van der Waals surface area (Å²) in [7, 11) is 1.61. The predicted octanol–water partition coefficient (Wildman–Crippen LogP) is 3.93. The van der Waals surface area contributed by atoms with Gasteiger partial charge in [-0.3, -0.25) is 0 Å². The predicted molar refractivity (Wildman–Crippen MR) is 67.6 cm³/mol. The van der Waals surface area contributed by atoms with Gasteiger partial charge in [0.1, 0.15) is 5.75 Å². The smallest absolute Gasteiger partial charge is 0.188 e. The second-order valence-corrected chi connectivity index (χ2v) is 5.91. The topological polar surface area (TPSA) is 18.5 Å². The number of thioether (sulfide) groups is 1. The van der Waals surface area contributed by atoms with Crippen molar-refractivity contribution in [1.29, 1.82) is 0 Å². The molecule has 0 aromatic heterocycles. The molecule has 0 heterocycles. The molecule has 0 bridgehead atoms. The highest BCUT2D eigenvalue weighted by Gasteiger charge is 2.03. The minimum absolute atomic E-state index is 0.280. The molecule has 0 saturated heterocycles. The van der Waals surface area contributed by atoms with Crippen LogP contribution in [0.4, 0.5) is 0 Å². The van der Waals surface area contributed by atoms with Gasteiger partial charge in [0.2, 0.25) is 0 Å². The summed E-state index contributed by atoms with van der Waals surface area (Å²) in [5.74, 6) is 0.828. The van der Waals surface area contributed by atoms with Crippen molar-refractivity contribution < 1.29 is 9.47 Å². The molecular formula is C11H15BrO2S. The Morgan fingerprint density at radius 1 is 1.33 bits per heavy atom. The number of hydrogen-bond acceptors (Lipinski definition) is 3. The quantitative estimate of drug-likeness (QED) is 0.605. The Morgan fingerprint density at radius 2 is 2.07 bits per heavy atom. The van der Waals surface area contributed by atoms with E-state index in [1.54, 1.807) is 7.11 Å². The molecule has 0 aliphatic rings. The molecule has 0 amide bonds. The van der Waals surface area contributed by atoms with Crippen LogP contribution in [-0.2, 0) is 4.74 Å². The number of hydrogen-bond donors (Lipinski definition) is 0. The first kappa shape index (κ1) is 12.9. The van der Waals surface area contributed by atoms with Crippen LogP contribution in [0.3, 0.4) is 0 Å². The summed E-state index contributed by atoms with van der Waals surface area (Å²) < 4.78 is 11.3. The lowest BCUT2D eigenvalue weighted by Crippen LogP contribution is -1.99. The van der Waals surface area contributed by atoms with Crippen LogP contribution < -0.4 is 4.74 Å². The van der Waals surface area contributed by atoms with Crippen LogP contribution in [0.2, 0.25) is 0 Å². The van der Waals surface area contributed by atoms with Gasteiger partial charge in [-0.05, 0) is 18.2 Å². The fraction of sp³-hybridized carbons (Fsp3) is 0.455. The molecule has 0 N–H and O–H groups in total. The SMILES string of the molecule is COCOc1cc(Br)cc(SC(C)C)c1. The molecule has 4 heteroatoms. The maximum Gasteiger partial charge on any atom is 0.188 e. The van der Waals surface area contributed by atoms with E-state index < -0.39 is 0 Å². The number of rotatable bonds is 5. The van der Waals surface area contributed by atoms with E-state index in [-0.39, 0.29) is 6.79 Å². The van der Waals surface area contributed by atoms with Crippen molar-refractivity contribution in [3.05, 3.63) is 22.7 Å². The van der Waals surface area contributed by atoms with Gasteiger partial charge < -0.3 is 9.47 Å². The van der Waals surface area contributed by atoms with Gasteiger partial charge in [-0.2, -0.15) is 0 Å². The molecule has 0 unspecified atom stereocenters.